The van der Waals surface area contributed by atoms with Crippen molar-refractivity contribution in [1.82, 2.24) is 10.2 Å². The van der Waals surface area contributed by atoms with Crippen LogP contribution in [0.4, 0.5) is 0 Å². The largest absolute Gasteiger partial charge is 0.380 e. The van der Waals surface area contributed by atoms with Gasteiger partial charge in [0.2, 0.25) is 5.91 Å². The van der Waals surface area contributed by atoms with Gasteiger partial charge in [0.15, 0.2) is 0 Å². The Bertz CT molecular complexity index is 684. The van der Waals surface area contributed by atoms with Crippen molar-refractivity contribution in [1.29, 1.82) is 0 Å². The fourth-order valence-electron chi connectivity index (χ4n) is 5.48. The first-order valence-corrected chi connectivity index (χ1v) is 11.2. The number of carbonyl (C=O) groups is 1. The monoisotopic (exact) mass is 382 g/mol. The van der Waals surface area contributed by atoms with Gasteiger partial charge in [-0.15, -0.1) is 0 Å². The Morgan fingerprint density at radius 3 is 2.64 bits per heavy atom. The van der Waals surface area contributed by atoms with E-state index < -0.39 is 0 Å². The smallest absolute Gasteiger partial charge is 0.242 e. The highest BCUT2D eigenvalue weighted by atomic mass is 16.2. The average molecular weight is 383 g/mol. The average Bonchev–Trinajstić information content (AvgIpc) is 2.65. The van der Waals surface area contributed by atoms with Crippen LogP contribution in [-0.2, 0) is 11.3 Å². The molecule has 3 rings (SSSR count). The van der Waals surface area contributed by atoms with Gasteiger partial charge in [0.25, 0.3) is 0 Å². The van der Waals surface area contributed by atoms with Crippen LogP contribution < -0.4 is 5.32 Å². The normalized spacial score (nSPS) is 26.5. The molecule has 0 radical (unpaired) electrons. The minimum absolute atomic E-state index is 0.139. The Morgan fingerprint density at radius 2 is 2.00 bits per heavy atom. The van der Waals surface area contributed by atoms with Gasteiger partial charge in [0.05, 0.1) is 6.54 Å². The summed E-state index contributed by atoms with van der Waals surface area (Å²) in [6.45, 7) is 12.8. The number of carbonyl (C=O) groups excluding carboxylic acids is 1. The van der Waals surface area contributed by atoms with Crippen LogP contribution in [0, 0.1) is 24.2 Å². The van der Waals surface area contributed by atoms with Gasteiger partial charge in [-0.1, -0.05) is 69.5 Å². The minimum atomic E-state index is 0.139. The number of allylic oxidation sites excluding steroid dienone is 1. The molecule has 2 fully saturated rings. The second-order valence-corrected chi connectivity index (χ2v) is 9.50. The third-order valence-corrected chi connectivity index (χ3v) is 6.85. The number of aryl methyl sites for hydroxylation is 1. The van der Waals surface area contributed by atoms with E-state index in [1.807, 2.05) is 4.90 Å². The maximum absolute atomic E-state index is 12.9. The zero-order valence-electron chi connectivity index (χ0n) is 18.1. The Hall–Kier alpha value is -1.77. The number of nitrogens with zero attached hydrogens (tertiary/aromatic N) is 1. The number of nitrogens with one attached hydrogen (secondary N) is 1. The first-order valence-electron chi connectivity index (χ1n) is 11.2. The highest BCUT2D eigenvalue weighted by molar-refractivity contribution is 5.78. The zero-order valence-corrected chi connectivity index (χ0v) is 18.1. The molecule has 2 unspecified atom stereocenters. The van der Waals surface area contributed by atoms with Crippen LogP contribution in [-0.4, -0.2) is 23.9 Å². The molecule has 2 saturated carbocycles. The number of hydrogen-bond acceptors (Lipinski definition) is 2. The van der Waals surface area contributed by atoms with Crippen LogP contribution in [0.2, 0.25) is 0 Å². The molecule has 2 atom stereocenters. The third-order valence-electron chi connectivity index (χ3n) is 6.85. The number of benzene rings is 1. The molecule has 3 heteroatoms. The lowest BCUT2D eigenvalue weighted by Crippen LogP contribution is -2.43. The van der Waals surface area contributed by atoms with E-state index in [9.17, 15) is 4.79 Å². The van der Waals surface area contributed by atoms with Crippen molar-refractivity contribution in [2.45, 2.75) is 72.3 Å². The molecule has 1 N–H and O–H groups in total. The van der Waals surface area contributed by atoms with Crippen LogP contribution >= 0.6 is 0 Å². The van der Waals surface area contributed by atoms with E-state index in [0.29, 0.717) is 13.1 Å². The Morgan fingerprint density at radius 1 is 1.29 bits per heavy atom. The maximum Gasteiger partial charge on any atom is 0.242 e. The van der Waals surface area contributed by atoms with Gasteiger partial charge in [-0.25, -0.2) is 0 Å². The molecule has 1 aromatic carbocycles. The number of amides is 1. The standard InChI is InChI=1S/C25H38N2O/c1-5-12-27(18-23-11-6-8-19(2)13-23)24(28)17-26-20(3)25(4)15-21-9-7-10-22(14-21)16-25/h6,8,11,13,21-22,26H,3,5,7,9-10,12,14-18H2,1-2,4H3. The summed E-state index contributed by atoms with van der Waals surface area (Å²) < 4.78 is 0. The molecule has 0 saturated heterocycles. The molecular weight excluding hydrogens is 344 g/mol. The van der Waals surface area contributed by atoms with Gasteiger partial charge < -0.3 is 10.2 Å². The lowest BCUT2D eigenvalue weighted by atomic mass is 9.60. The Balaban J connectivity index is 1.56. The topological polar surface area (TPSA) is 32.3 Å². The van der Waals surface area contributed by atoms with Crippen LogP contribution in [0.15, 0.2) is 36.5 Å². The van der Waals surface area contributed by atoms with Crippen molar-refractivity contribution in [3.05, 3.63) is 47.7 Å². The first kappa shape index (κ1) is 21.0. The summed E-state index contributed by atoms with van der Waals surface area (Å²) in [5, 5.41) is 3.43. The first-order chi connectivity index (χ1) is 13.4. The lowest BCUT2D eigenvalue weighted by Gasteiger charge is -2.46. The fraction of sp³-hybridized carbons (Fsp3) is 0.640. The second kappa shape index (κ2) is 9.15. The molecular formula is C25H38N2O. The summed E-state index contributed by atoms with van der Waals surface area (Å²) in [6, 6.07) is 8.45. The fourth-order valence-corrected chi connectivity index (χ4v) is 5.48. The Labute approximate surface area is 171 Å². The van der Waals surface area contributed by atoms with E-state index in [2.05, 4.69) is 56.9 Å². The number of fused-ring (bicyclic) bond motifs is 2. The summed E-state index contributed by atoms with van der Waals surface area (Å²) in [4.78, 5) is 14.9. The van der Waals surface area contributed by atoms with E-state index in [-0.39, 0.29) is 11.3 Å². The molecule has 0 aliphatic heterocycles. The molecule has 28 heavy (non-hydrogen) atoms. The quantitative estimate of drug-likeness (QED) is 0.649. The summed E-state index contributed by atoms with van der Waals surface area (Å²) in [6.07, 6.45) is 8.98. The summed E-state index contributed by atoms with van der Waals surface area (Å²) >= 11 is 0. The molecule has 0 heterocycles. The molecule has 2 aliphatic carbocycles. The van der Waals surface area contributed by atoms with Gasteiger partial charge in [0, 0.05) is 24.2 Å². The molecule has 2 bridgehead atoms. The number of hydrogen-bond donors (Lipinski definition) is 1. The number of rotatable bonds is 8. The predicted molar refractivity (Wildman–Crippen MR) is 117 cm³/mol. The van der Waals surface area contributed by atoms with E-state index in [0.717, 1.165) is 30.5 Å². The highest BCUT2D eigenvalue weighted by Gasteiger charge is 2.40. The van der Waals surface area contributed by atoms with Crippen molar-refractivity contribution in [3.63, 3.8) is 0 Å². The predicted octanol–water partition coefficient (Wildman–Crippen LogP) is 5.44. The van der Waals surface area contributed by atoms with Crippen molar-refractivity contribution in [2.24, 2.45) is 17.3 Å². The zero-order chi connectivity index (χ0) is 20.1. The van der Waals surface area contributed by atoms with Gasteiger partial charge in [-0.3, -0.25) is 4.79 Å². The molecule has 0 aromatic heterocycles. The molecule has 1 aromatic rings. The minimum Gasteiger partial charge on any atom is -0.380 e. The van der Waals surface area contributed by atoms with Gasteiger partial charge >= 0.3 is 0 Å². The highest BCUT2D eigenvalue weighted by Crippen LogP contribution is 2.50. The maximum atomic E-state index is 12.9. The van der Waals surface area contributed by atoms with E-state index in [1.54, 1.807) is 0 Å². The third kappa shape index (κ3) is 5.18. The molecule has 1 amide bonds. The van der Waals surface area contributed by atoms with Gasteiger partial charge in [-0.05, 0) is 50.0 Å². The van der Waals surface area contributed by atoms with Crippen LogP contribution in [0.25, 0.3) is 0 Å². The van der Waals surface area contributed by atoms with Crippen molar-refractivity contribution < 1.29 is 4.79 Å². The summed E-state index contributed by atoms with van der Waals surface area (Å²) in [7, 11) is 0. The van der Waals surface area contributed by atoms with E-state index >= 15 is 0 Å². The van der Waals surface area contributed by atoms with Crippen LogP contribution in [0.1, 0.15) is 69.9 Å². The van der Waals surface area contributed by atoms with Crippen LogP contribution in [0.3, 0.4) is 0 Å². The van der Waals surface area contributed by atoms with Crippen molar-refractivity contribution in [3.8, 4) is 0 Å². The molecule has 3 nitrogen and oxygen atoms in total. The second-order valence-electron chi connectivity index (χ2n) is 9.50. The van der Waals surface area contributed by atoms with E-state index in [4.69, 9.17) is 0 Å². The Kier molecular flexibility index (Phi) is 6.85. The van der Waals surface area contributed by atoms with E-state index in [1.165, 1.54) is 49.7 Å². The molecule has 0 spiro atoms. The van der Waals surface area contributed by atoms with Crippen molar-refractivity contribution in [2.75, 3.05) is 13.1 Å². The SMILES string of the molecule is C=C(NCC(=O)N(CCC)Cc1cccc(C)c1)C1(C)CC2CCCC(C2)C1. The molecule has 154 valence electrons. The van der Waals surface area contributed by atoms with Crippen LogP contribution in [0.5, 0.6) is 0 Å². The van der Waals surface area contributed by atoms with Gasteiger partial charge in [-0.2, -0.15) is 0 Å². The lowest BCUT2D eigenvalue weighted by molar-refractivity contribution is -0.130. The van der Waals surface area contributed by atoms with Gasteiger partial charge in [0.1, 0.15) is 0 Å². The summed E-state index contributed by atoms with van der Waals surface area (Å²) in [5.74, 6) is 1.87. The molecule has 2 aliphatic rings. The van der Waals surface area contributed by atoms with Crippen molar-refractivity contribution >= 4 is 5.91 Å². The summed E-state index contributed by atoms with van der Waals surface area (Å²) in [5.41, 5.74) is 3.65.